The van der Waals surface area contributed by atoms with Gasteiger partial charge in [0.2, 0.25) is 10.8 Å². The molecule has 96 valence electrons. The van der Waals surface area contributed by atoms with E-state index in [0.29, 0.717) is 22.5 Å². The van der Waals surface area contributed by atoms with E-state index in [1.54, 1.807) is 24.3 Å². The predicted molar refractivity (Wildman–Crippen MR) is 73.2 cm³/mol. The maximum absolute atomic E-state index is 12.2. The first-order valence-corrected chi connectivity index (χ1v) is 6.92. The van der Waals surface area contributed by atoms with Crippen molar-refractivity contribution in [2.24, 2.45) is 0 Å². The zero-order valence-electron chi connectivity index (χ0n) is 9.76. The highest BCUT2D eigenvalue weighted by Gasteiger charge is 2.37. The number of hydrogen-bond acceptors (Lipinski definition) is 4. The van der Waals surface area contributed by atoms with Gasteiger partial charge in [0.15, 0.2) is 6.29 Å². The van der Waals surface area contributed by atoms with Crippen LogP contribution in [0.3, 0.4) is 0 Å². The van der Waals surface area contributed by atoms with E-state index < -0.39 is 5.06 Å². The third-order valence-electron chi connectivity index (χ3n) is 2.95. The van der Waals surface area contributed by atoms with Gasteiger partial charge in [0.05, 0.1) is 4.88 Å². The van der Waals surface area contributed by atoms with Crippen LogP contribution in [0.25, 0.3) is 0 Å². The lowest BCUT2D eigenvalue weighted by atomic mass is 10.0. The van der Waals surface area contributed by atoms with Crippen molar-refractivity contribution in [3.63, 3.8) is 0 Å². The van der Waals surface area contributed by atoms with Crippen molar-refractivity contribution in [2.45, 2.75) is 11.5 Å². The largest absolute Gasteiger partial charge is 0.464 e. The zero-order valence-corrected chi connectivity index (χ0v) is 11.3. The third-order valence-corrected chi connectivity index (χ3v) is 4.12. The molecule has 0 bridgehead atoms. The number of thiophene rings is 1. The summed E-state index contributed by atoms with van der Waals surface area (Å²) in [6.45, 7) is 0. The topological polar surface area (TPSA) is 43.4 Å². The van der Waals surface area contributed by atoms with E-state index in [2.05, 4.69) is 0 Å². The summed E-state index contributed by atoms with van der Waals surface area (Å²) in [4.78, 5) is 23.8. The Morgan fingerprint density at radius 1 is 1.42 bits per heavy atom. The van der Waals surface area contributed by atoms with Gasteiger partial charge in [0, 0.05) is 17.5 Å². The van der Waals surface area contributed by atoms with Crippen LogP contribution in [-0.4, -0.2) is 17.1 Å². The van der Waals surface area contributed by atoms with Crippen LogP contribution >= 0.6 is 22.9 Å². The number of hydrogen-bond donors (Lipinski definition) is 0. The molecule has 0 fully saturated rings. The molecule has 3 rings (SSSR count). The molecule has 1 aromatic heterocycles. The molecular weight excluding hydrogens is 284 g/mol. The second-order valence-corrected chi connectivity index (χ2v) is 5.90. The van der Waals surface area contributed by atoms with Gasteiger partial charge < -0.3 is 4.74 Å². The number of benzene rings is 1. The van der Waals surface area contributed by atoms with Crippen molar-refractivity contribution in [1.82, 2.24) is 0 Å². The van der Waals surface area contributed by atoms with Crippen molar-refractivity contribution >= 4 is 35.0 Å². The Kier molecular flexibility index (Phi) is 2.92. The average molecular weight is 293 g/mol. The molecule has 0 amide bonds. The summed E-state index contributed by atoms with van der Waals surface area (Å²) >= 11 is 7.38. The highest BCUT2D eigenvalue weighted by molar-refractivity contribution is 7.12. The standard InChI is InChI=1S/C14H9ClO3S/c15-14(8-16)7-10-6-9(3-4-11(10)18-14)13(17)12-2-1-5-19-12/h1-6,8H,7H2. The molecule has 1 aliphatic rings. The van der Waals surface area contributed by atoms with Gasteiger partial charge in [0.1, 0.15) is 5.75 Å². The first-order chi connectivity index (χ1) is 9.11. The number of fused-ring (bicyclic) bond motifs is 1. The predicted octanol–water partition coefficient (Wildman–Crippen LogP) is 3.05. The molecule has 0 radical (unpaired) electrons. The Morgan fingerprint density at radius 3 is 2.95 bits per heavy atom. The van der Waals surface area contributed by atoms with E-state index in [1.807, 2.05) is 11.4 Å². The highest BCUT2D eigenvalue weighted by Crippen LogP contribution is 2.37. The smallest absolute Gasteiger partial charge is 0.241 e. The van der Waals surface area contributed by atoms with E-state index >= 15 is 0 Å². The summed E-state index contributed by atoms with van der Waals surface area (Å²) in [6.07, 6.45) is 0.855. The van der Waals surface area contributed by atoms with Crippen LogP contribution in [0.2, 0.25) is 0 Å². The number of halogens is 1. The SMILES string of the molecule is O=CC1(Cl)Cc2cc(C(=O)c3cccs3)ccc2O1. The summed E-state index contributed by atoms with van der Waals surface area (Å²) in [5, 5.41) is 0.535. The fourth-order valence-corrected chi connectivity index (χ4v) is 2.97. The van der Waals surface area contributed by atoms with Crippen molar-refractivity contribution in [3.8, 4) is 5.75 Å². The first-order valence-electron chi connectivity index (χ1n) is 5.67. The normalized spacial score (nSPS) is 20.7. The Bertz CT molecular complexity index is 651. The molecule has 0 aliphatic carbocycles. The molecule has 2 aromatic rings. The Balaban J connectivity index is 1.94. The minimum absolute atomic E-state index is 0.0315. The summed E-state index contributed by atoms with van der Waals surface area (Å²) in [5.41, 5.74) is 1.36. The van der Waals surface area contributed by atoms with Crippen molar-refractivity contribution in [1.29, 1.82) is 0 Å². The quantitative estimate of drug-likeness (QED) is 0.496. The van der Waals surface area contributed by atoms with Gasteiger partial charge >= 0.3 is 0 Å². The van der Waals surface area contributed by atoms with Crippen LogP contribution < -0.4 is 4.74 Å². The van der Waals surface area contributed by atoms with Crippen LogP contribution in [0.5, 0.6) is 5.75 Å². The molecule has 0 saturated carbocycles. The number of ether oxygens (including phenoxy) is 1. The van der Waals surface area contributed by atoms with Crippen molar-refractivity contribution in [2.75, 3.05) is 0 Å². The monoisotopic (exact) mass is 292 g/mol. The Hall–Kier alpha value is -1.65. The third kappa shape index (κ3) is 2.17. The van der Waals surface area contributed by atoms with E-state index in [4.69, 9.17) is 16.3 Å². The fraction of sp³-hybridized carbons (Fsp3) is 0.143. The Labute approximate surface area is 118 Å². The van der Waals surface area contributed by atoms with E-state index in [-0.39, 0.29) is 12.2 Å². The molecule has 0 N–H and O–H groups in total. The van der Waals surface area contributed by atoms with Gasteiger partial charge in [-0.3, -0.25) is 9.59 Å². The number of carbonyl (C=O) groups is 2. The molecule has 5 heteroatoms. The molecule has 1 atom stereocenters. The summed E-state index contributed by atoms with van der Waals surface area (Å²) in [5.74, 6) is 0.529. The molecule has 19 heavy (non-hydrogen) atoms. The van der Waals surface area contributed by atoms with Crippen LogP contribution in [0.1, 0.15) is 20.8 Å². The molecule has 0 saturated heterocycles. The van der Waals surface area contributed by atoms with Crippen LogP contribution in [0, 0.1) is 0 Å². The number of ketones is 1. The average Bonchev–Trinajstić information content (AvgIpc) is 3.03. The number of carbonyl (C=O) groups excluding carboxylic acids is 2. The molecule has 1 unspecified atom stereocenters. The van der Waals surface area contributed by atoms with Gasteiger partial charge in [-0.2, -0.15) is 0 Å². The maximum Gasteiger partial charge on any atom is 0.241 e. The summed E-state index contributed by atoms with van der Waals surface area (Å²) in [6, 6.07) is 8.74. The van der Waals surface area contributed by atoms with E-state index in [1.165, 1.54) is 11.3 Å². The number of alkyl halides is 1. The fourth-order valence-electron chi connectivity index (χ4n) is 2.05. The van der Waals surface area contributed by atoms with Gasteiger partial charge in [0.25, 0.3) is 0 Å². The molecule has 1 aromatic carbocycles. The van der Waals surface area contributed by atoms with Gasteiger partial charge in [-0.25, -0.2) is 0 Å². The highest BCUT2D eigenvalue weighted by atomic mass is 35.5. The zero-order chi connectivity index (χ0) is 13.5. The van der Waals surface area contributed by atoms with Crippen LogP contribution in [0.15, 0.2) is 35.7 Å². The summed E-state index contributed by atoms with van der Waals surface area (Å²) in [7, 11) is 0. The van der Waals surface area contributed by atoms with Gasteiger partial charge in [-0.05, 0) is 29.6 Å². The molecule has 1 aliphatic heterocycles. The summed E-state index contributed by atoms with van der Waals surface area (Å²) < 4.78 is 5.36. The van der Waals surface area contributed by atoms with Gasteiger partial charge in [-0.15, -0.1) is 11.3 Å². The van der Waals surface area contributed by atoms with Crippen molar-refractivity contribution in [3.05, 3.63) is 51.7 Å². The number of rotatable bonds is 3. The maximum atomic E-state index is 12.2. The van der Waals surface area contributed by atoms with Crippen LogP contribution in [-0.2, 0) is 11.2 Å². The minimum atomic E-state index is -1.33. The second kappa shape index (κ2) is 4.47. The van der Waals surface area contributed by atoms with E-state index in [0.717, 1.165) is 5.56 Å². The number of aldehydes is 1. The molecule has 3 nitrogen and oxygen atoms in total. The molecule has 0 spiro atoms. The second-order valence-electron chi connectivity index (χ2n) is 4.31. The minimum Gasteiger partial charge on any atom is -0.464 e. The first kappa shape index (κ1) is 12.4. The van der Waals surface area contributed by atoms with Crippen LogP contribution in [0.4, 0.5) is 0 Å². The lowest BCUT2D eigenvalue weighted by molar-refractivity contribution is -0.115. The van der Waals surface area contributed by atoms with Crippen molar-refractivity contribution < 1.29 is 14.3 Å². The lowest BCUT2D eigenvalue weighted by Gasteiger charge is -2.11. The lowest BCUT2D eigenvalue weighted by Crippen LogP contribution is -2.28. The molecular formula is C14H9ClO3S. The van der Waals surface area contributed by atoms with Gasteiger partial charge in [-0.1, -0.05) is 17.7 Å². The van der Waals surface area contributed by atoms with E-state index in [9.17, 15) is 9.59 Å². The Morgan fingerprint density at radius 2 is 2.26 bits per heavy atom. The molecule has 2 heterocycles.